The average molecular weight is 778 g/mol. The van der Waals surface area contributed by atoms with E-state index in [2.05, 4.69) is 60.6 Å². The minimum atomic E-state index is -4.74. The molecule has 12 nitrogen and oxygen atoms in total. The van der Waals surface area contributed by atoms with Gasteiger partial charge in [-0.15, -0.1) is 13.2 Å². The van der Waals surface area contributed by atoms with Crippen molar-refractivity contribution in [3.63, 3.8) is 0 Å². The number of nitrogens with one attached hydrogen (secondary N) is 2. The number of anilines is 1. The summed E-state index contributed by atoms with van der Waals surface area (Å²) in [6, 6.07) is 12.9. The number of ether oxygens (including phenoxy) is 5. The Bertz CT molecular complexity index is 2160. The van der Waals surface area contributed by atoms with Gasteiger partial charge in [-0.05, 0) is 89.6 Å². The molecule has 1 saturated heterocycles. The zero-order chi connectivity index (χ0) is 39.4. The molecule has 1 aliphatic heterocycles. The second-order valence-corrected chi connectivity index (χ2v) is 16.1. The first-order chi connectivity index (χ1) is 26.8. The Hall–Kier alpha value is -4.60. The molecule has 0 unspecified atom stereocenters. The van der Waals surface area contributed by atoms with Crippen molar-refractivity contribution in [2.45, 2.75) is 109 Å². The summed E-state index contributed by atoms with van der Waals surface area (Å²) in [5, 5.41) is 4.43. The Morgan fingerprint density at radius 1 is 1.00 bits per heavy atom. The van der Waals surface area contributed by atoms with Gasteiger partial charge in [0.25, 0.3) is 0 Å². The van der Waals surface area contributed by atoms with Crippen molar-refractivity contribution >= 4 is 27.9 Å². The highest BCUT2D eigenvalue weighted by Crippen LogP contribution is 2.49. The van der Waals surface area contributed by atoms with E-state index in [1.54, 1.807) is 26.6 Å². The van der Waals surface area contributed by atoms with Gasteiger partial charge in [0, 0.05) is 61.4 Å². The molecule has 5 aromatic rings. The largest absolute Gasteiger partial charge is 0.573 e. The monoisotopic (exact) mass is 777 g/mol. The molecule has 2 N–H and O–H groups in total. The van der Waals surface area contributed by atoms with E-state index in [1.807, 2.05) is 32.0 Å². The van der Waals surface area contributed by atoms with Gasteiger partial charge in [-0.3, -0.25) is 4.90 Å². The van der Waals surface area contributed by atoms with Gasteiger partial charge in [-0.1, -0.05) is 0 Å². The van der Waals surface area contributed by atoms with Gasteiger partial charge >= 0.3 is 6.36 Å². The molecule has 0 amide bonds. The molecule has 0 radical (unpaired) electrons. The number of rotatable bonds is 14. The van der Waals surface area contributed by atoms with Crippen LogP contribution in [0.15, 0.2) is 55.0 Å². The van der Waals surface area contributed by atoms with Gasteiger partial charge in [0.1, 0.15) is 47.0 Å². The smallest absolute Gasteiger partial charge is 0.497 e. The van der Waals surface area contributed by atoms with Crippen molar-refractivity contribution in [1.82, 2.24) is 29.4 Å². The maximum Gasteiger partial charge on any atom is 0.573 e. The molecule has 0 bridgehead atoms. The minimum absolute atomic E-state index is 0.0387. The highest BCUT2D eigenvalue weighted by Gasteiger charge is 2.55. The van der Waals surface area contributed by atoms with Crippen LogP contribution < -0.4 is 19.5 Å². The van der Waals surface area contributed by atoms with Gasteiger partial charge in [0.05, 0.1) is 42.8 Å². The number of aromatic nitrogens is 5. The number of H-pyrrole nitrogens is 1. The van der Waals surface area contributed by atoms with Gasteiger partial charge in [-0.2, -0.15) is 0 Å². The molecule has 2 aromatic carbocycles. The summed E-state index contributed by atoms with van der Waals surface area (Å²) in [7, 11) is 3.29. The summed E-state index contributed by atoms with van der Waals surface area (Å²) in [5.74, 6) is 2.85. The molecular weight excluding hydrogens is 727 g/mol. The van der Waals surface area contributed by atoms with Crippen LogP contribution in [-0.2, 0) is 22.4 Å². The Balaban J connectivity index is 0.922. The van der Waals surface area contributed by atoms with Crippen LogP contribution in [0.1, 0.15) is 70.8 Å². The van der Waals surface area contributed by atoms with Gasteiger partial charge in [0.2, 0.25) is 0 Å². The molecule has 3 aliphatic rings. The van der Waals surface area contributed by atoms with E-state index in [1.165, 1.54) is 12.1 Å². The molecule has 4 heterocycles. The van der Waals surface area contributed by atoms with Crippen molar-refractivity contribution in [3.8, 4) is 17.2 Å². The molecule has 3 fully saturated rings. The lowest BCUT2D eigenvalue weighted by molar-refractivity contribution is -0.274. The second kappa shape index (κ2) is 15.1. The molecular formula is C41H50F3N7O5. The molecule has 0 spiro atoms. The number of imidazole rings is 1. The average Bonchev–Trinajstić information content (AvgIpc) is 3.90. The third kappa shape index (κ3) is 7.85. The fourth-order valence-corrected chi connectivity index (χ4v) is 9.02. The lowest BCUT2D eigenvalue weighted by atomic mass is 9.76. The molecule has 15 heteroatoms. The third-order valence-electron chi connectivity index (χ3n) is 11.7. The SMILES string of the molecule is COc1ccc(CNc2ncnc3c2ccn3[C@@H]2C[C@H](CN(C(C)C)C3CC(CCc4nc5cc(OC(F)(F)F)ccc5[nH]4)C3)[C@H]3OC(C)(C)O[C@H]32)c(OC)c1. The number of benzene rings is 2. The van der Waals surface area contributed by atoms with Crippen molar-refractivity contribution in [2.24, 2.45) is 11.8 Å². The van der Waals surface area contributed by atoms with Crippen molar-refractivity contribution < 1.29 is 36.9 Å². The zero-order valence-corrected chi connectivity index (χ0v) is 32.6. The fourth-order valence-electron chi connectivity index (χ4n) is 9.02. The van der Waals surface area contributed by atoms with Crippen molar-refractivity contribution in [2.75, 3.05) is 26.1 Å². The second-order valence-electron chi connectivity index (χ2n) is 16.1. The number of alkyl halides is 3. The van der Waals surface area contributed by atoms with Crippen LogP contribution in [0.5, 0.6) is 17.2 Å². The summed E-state index contributed by atoms with van der Waals surface area (Å²) < 4.78 is 68.7. The molecule has 2 aliphatic carbocycles. The standard InChI is InChI=1S/C41H50F3N7O5/c1-23(2)51(27-15-24(16-27)7-12-35-48-31-11-10-29(18-32(31)49-35)54-41(42,43)44)21-26-17-33(37-36(26)55-40(3,4)56-37)50-14-13-30-38(46-22-47-39(30)50)45-20-25-8-9-28(52-5)19-34(25)53-6/h8-11,13-14,18-19,22-24,26-27,33,36-37H,7,12,15-17,20-21H2,1-6H3,(H,48,49)(H,45,46,47)/t24?,26-,27?,33-,36-,37+/m1/s1. The summed E-state index contributed by atoms with van der Waals surface area (Å²) in [6.45, 7) is 9.96. The van der Waals surface area contributed by atoms with E-state index in [0.29, 0.717) is 35.6 Å². The number of halogens is 3. The van der Waals surface area contributed by atoms with E-state index in [9.17, 15) is 13.2 Å². The van der Waals surface area contributed by atoms with Crippen LogP contribution in [0.2, 0.25) is 0 Å². The number of hydrogen-bond acceptors (Lipinski definition) is 10. The van der Waals surface area contributed by atoms with Gasteiger partial charge < -0.3 is 38.6 Å². The number of nitrogens with zero attached hydrogens (tertiary/aromatic N) is 5. The van der Waals surface area contributed by atoms with Crippen molar-refractivity contribution in [3.05, 3.63) is 66.4 Å². The number of methoxy groups -OCH3 is 2. The predicted molar refractivity (Wildman–Crippen MR) is 205 cm³/mol. The Morgan fingerprint density at radius 3 is 2.54 bits per heavy atom. The first-order valence-electron chi connectivity index (χ1n) is 19.4. The Morgan fingerprint density at radius 2 is 1.79 bits per heavy atom. The zero-order valence-electron chi connectivity index (χ0n) is 32.6. The van der Waals surface area contributed by atoms with E-state index < -0.39 is 12.1 Å². The lowest BCUT2D eigenvalue weighted by Gasteiger charge is -2.46. The molecule has 300 valence electrons. The summed E-state index contributed by atoms with van der Waals surface area (Å²) in [5.41, 5.74) is 3.00. The van der Waals surface area contributed by atoms with Crippen LogP contribution in [-0.4, -0.2) is 86.6 Å². The highest BCUT2D eigenvalue weighted by molar-refractivity contribution is 5.87. The topological polar surface area (TPSA) is 121 Å². The quantitative estimate of drug-likeness (QED) is 0.115. The molecule has 4 atom stereocenters. The van der Waals surface area contributed by atoms with Crippen LogP contribution in [0, 0.1) is 11.8 Å². The van der Waals surface area contributed by atoms with Crippen LogP contribution >= 0.6 is 0 Å². The summed E-state index contributed by atoms with van der Waals surface area (Å²) in [6.07, 6.45) is 3.57. The van der Waals surface area contributed by atoms with Gasteiger partial charge in [-0.25, -0.2) is 15.0 Å². The lowest BCUT2D eigenvalue weighted by Crippen LogP contribution is -2.51. The third-order valence-corrected chi connectivity index (χ3v) is 11.7. The fraction of sp³-hybridized carbons (Fsp3) is 0.537. The summed E-state index contributed by atoms with van der Waals surface area (Å²) >= 11 is 0. The maximum absolute atomic E-state index is 12.7. The van der Waals surface area contributed by atoms with E-state index in [4.69, 9.17) is 23.9 Å². The number of aryl methyl sites for hydroxylation is 1. The Kier molecular flexibility index (Phi) is 10.3. The number of aromatic amines is 1. The Labute approximate surface area is 324 Å². The maximum atomic E-state index is 12.7. The summed E-state index contributed by atoms with van der Waals surface area (Å²) in [4.78, 5) is 19.8. The molecule has 3 aromatic heterocycles. The molecule has 2 saturated carbocycles. The van der Waals surface area contributed by atoms with Crippen LogP contribution in [0.4, 0.5) is 19.0 Å². The predicted octanol–water partition coefficient (Wildman–Crippen LogP) is 8.04. The number of hydrogen-bond donors (Lipinski definition) is 2. The van der Waals surface area contributed by atoms with Crippen LogP contribution in [0.3, 0.4) is 0 Å². The first kappa shape index (κ1) is 38.3. The van der Waals surface area contributed by atoms with Gasteiger partial charge in [0.15, 0.2) is 5.79 Å². The van der Waals surface area contributed by atoms with E-state index >= 15 is 0 Å². The molecule has 8 rings (SSSR count). The molecule has 56 heavy (non-hydrogen) atoms. The highest BCUT2D eigenvalue weighted by atomic mass is 19.4. The first-order valence-corrected chi connectivity index (χ1v) is 19.4. The van der Waals surface area contributed by atoms with E-state index in [0.717, 1.165) is 78.4 Å². The number of fused-ring (bicyclic) bond motifs is 3. The normalized spacial score (nSPS) is 24.6. The van der Waals surface area contributed by atoms with E-state index in [-0.39, 0.29) is 29.9 Å². The van der Waals surface area contributed by atoms with Crippen LogP contribution in [0.25, 0.3) is 22.1 Å². The van der Waals surface area contributed by atoms with Crippen molar-refractivity contribution in [1.29, 1.82) is 0 Å². The minimum Gasteiger partial charge on any atom is -0.497 e.